The maximum atomic E-state index is 12.0. The third kappa shape index (κ3) is 2.51. The summed E-state index contributed by atoms with van der Waals surface area (Å²) in [5, 5.41) is 3.00. The summed E-state index contributed by atoms with van der Waals surface area (Å²) in [4.78, 5) is 25.9. The normalized spacial score (nSPS) is 29.7. The average Bonchev–Trinajstić information content (AvgIpc) is 3.10. The number of amides is 2. The number of hydrogen-bond donors (Lipinski definition) is 1. The molecule has 1 saturated carbocycles. The Kier molecular flexibility index (Phi) is 3.24. The number of nitrogens with one attached hydrogen (secondary N) is 1. The number of rotatable bonds is 3. The monoisotopic (exact) mass is 252 g/mol. The number of likely N-dealkylation sites (tertiary alicyclic amines) is 1. The molecular weight excluding hydrogens is 232 g/mol. The number of carbonyl (C=O) groups excluding carboxylic acids is 2. The fourth-order valence-electron chi connectivity index (χ4n) is 2.80. The minimum absolute atomic E-state index is 0.0698. The molecule has 2 aliphatic heterocycles. The van der Waals surface area contributed by atoms with Gasteiger partial charge in [0.25, 0.3) is 0 Å². The van der Waals surface area contributed by atoms with E-state index in [0.717, 1.165) is 38.9 Å². The van der Waals surface area contributed by atoms with E-state index in [1.165, 1.54) is 0 Å². The van der Waals surface area contributed by atoms with Gasteiger partial charge in [-0.25, -0.2) is 0 Å². The summed E-state index contributed by atoms with van der Waals surface area (Å²) in [6.07, 6.45) is 4.38. The minimum Gasteiger partial charge on any atom is -0.381 e. The molecule has 1 atom stereocenters. The molecule has 0 aromatic rings. The molecule has 0 aromatic carbocycles. The van der Waals surface area contributed by atoms with Crippen LogP contribution in [0.2, 0.25) is 0 Å². The van der Waals surface area contributed by atoms with Crippen molar-refractivity contribution in [1.82, 2.24) is 10.2 Å². The van der Waals surface area contributed by atoms with Crippen molar-refractivity contribution in [2.24, 2.45) is 5.92 Å². The molecule has 3 rings (SSSR count). The van der Waals surface area contributed by atoms with Crippen LogP contribution in [0.15, 0.2) is 0 Å². The molecule has 1 aliphatic carbocycles. The first-order valence-corrected chi connectivity index (χ1v) is 6.91. The topological polar surface area (TPSA) is 58.6 Å². The van der Waals surface area contributed by atoms with Crippen molar-refractivity contribution >= 4 is 11.8 Å². The molecule has 1 N–H and O–H groups in total. The zero-order valence-corrected chi connectivity index (χ0v) is 10.6. The SMILES string of the molecule is O=C(NC1CC1)C1CC(=O)N(C2CCOCC2)C1. The molecule has 100 valence electrons. The van der Waals surface area contributed by atoms with E-state index < -0.39 is 0 Å². The Morgan fingerprint density at radius 2 is 1.94 bits per heavy atom. The second-order valence-corrected chi connectivity index (χ2v) is 5.57. The zero-order chi connectivity index (χ0) is 12.5. The Bertz CT molecular complexity index is 348. The van der Waals surface area contributed by atoms with E-state index in [2.05, 4.69) is 5.32 Å². The van der Waals surface area contributed by atoms with E-state index in [9.17, 15) is 9.59 Å². The van der Waals surface area contributed by atoms with Crippen LogP contribution >= 0.6 is 0 Å². The van der Waals surface area contributed by atoms with Gasteiger partial charge >= 0.3 is 0 Å². The Morgan fingerprint density at radius 3 is 2.61 bits per heavy atom. The van der Waals surface area contributed by atoms with Crippen LogP contribution < -0.4 is 5.32 Å². The summed E-state index contributed by atoms with van der Waals surface area (Å²) in [5.41, 5.74) is 0. The highest BCUT2D eigenvalue weighted by Gasteiger charge is 2.39. The second kappa shape index (κ2) is 4.88. The molecule has 2 amide bonds. The van der Waals surface area contributed by atoms with Crippen LogP contribution in [0.3, 0.4) is 0 Å². The van der Waals surface area contributed by atoms with Gasteiger partial charge < -0.3 is 15.0 Å². The number of nitrogens with zero attached hydrogens (tertiary/aromatic N) is 1. The minimum atomic E-state index is -0.138. The maximum absolute atomic E-state index is 12.0. The average molecular weight is 252 g/mol. The van der Waals surface area contributed by atoms with Crippen molar-refractivity contribution in [2.45, 2.75) is 44.2 Å². The maximum Gasteiger partial charge on any atom is 0.225 e. The largest absolute Gasteiger partial charge is 0.381 e. The van der Waals surface area contributed by atoms with Gasteiger partial charge in [0.15, 0.2) is 0 Å². The van der Waals surface area contributed by atoms with Crippen LogP contribution in [0.1, 0.15) is 32.1 Å². The summed E-state index contributed by atoms with van der Waals surface area (Å²) >= 11 is 0. The van der Waals surface area contributed by atoms with Crippen LogP contribution in [0.4, 0.5) is 0 Å². The van der Waals surface area contributed by atoms with E-state index in [-0.39, 0.29) is 23.8 Å². The second-order valence-electron chi connectivity index (χ2n) is 5.57. The smallest absolute Gasteiger partial charge is 0.225 e. The molecule has 0 bridgehead atoms. The first-order chi connectivity index (χ1) is 8.74. The van der Waals surface area contributed by atoms with Gasteiger partial charge in [-0.05, 0) is 25.7 Å². The molecule has 3 fully saturated rings. The lowest BCUT2D eigenvalue weighted by Gasteiger charge is -2.31. The lowest BCUT2D eigenvalue weighted by Crippen LogP contribution is -2.41. The highest BCUT2D eigenvalue weighted by molar-refractivity contribution is 5.89. The summed E-state index contributed by atoms with van der Waals surface area (Å²) < 4.78 is 5.31. The van der Waals surface area contributed by atoms with Gasteiger partial charge in [-0.15, -0.1) is 0 Å². The number of carbonyl (C=O) groups is 2. The van der Waals surface area contributed by atoms with Gasteiger partial charge in [0, 0.05) is 38.3 Å². The van der Waals surface area contributed by atoms with Crippen molar-refractivity contribution in [3.05, 3.63) is 0 Å². The molecule has 5 heteroatoms. The van der Waals surface area contributed by atoms with Crippen molar-refractivity contribution in [3.63, 3.8) is 0 Å². The molecule has 18 heavy (non-hydrogen) atoms. The third-order valence-electron chi connectivity index (χ3n) is 4.08. The van der Waals surface area contributed by atoms with Gasteiger partial charge in [-0.3, -0.25) is 9.59 Å². The lowest BCUT2D eigenvalue weighted by atomic mass is 10.1. The van der Waals surface area contributed by atoms with Crippen LogP contribution in [0.25, 0.3) is 0 Å². The van der Waals surface area contributed by atoms with E-state index in [1.807, 2.05) is 4.90 Å². The fraction of sp³-hybridized carbons (Fsp3) is 0.846. The van der Waals surface area contributed by atoms with Crippen LogP contribution in [0.5, 0.6) is 0 Å². The Balaban J connectivity index is 1.56. The molecule has 5 nitrogen and oxygen atoms in total. The van der Waals surface area contributed by atoms with Crippen molar-refractivity contribution in [2.75, 3.05) is 19.8 Å². The molecule has 0 aromatic heterocycles. The Hall–Kier alpha value is -1.10. The highest BCUT2D eigenvalue weighted by atomic mass is 16.5. The molecule has 2 heterocycles. The Labute approximate surface area is 107 Å². The van der Waals surface area contributed by atoms with Crippen molar-refractivity contribution in [1.29, 1.82) is 0 Å². The van der Waals surface area contributed by atoms with E-state index in [4.69, 9.17) is 4.74 Å². The molecule has 1 unspecified atom stereocenters. The van der Waals surface area contributed by atoms with Crippen molar-refractivity contribution < 1.29 is 14.3 Å². The number of hydrogen-bond acceptors (Lipinski definition) is 3. The highest BCUT2D eigenvalue weighted by Crippen LogP contribution is 2.26. The quantitative estimate of drug-likeness (QED) is 0.785. The molecule has 0 radical (unpaired) electrons. The summed E-state index contributed by atoms with van der Waals surface area (Å²) in [6.45, 7) is 2.06. The molecule has 2 saturated heterocycles. The molecule has 3 aliphatic rings. The van der Waals surface area contributed by atoms with Gasteiger partial charge in [0.05, 0.1) is 5.92 Å². The standard InChI is InChI=1S/C13H20N2O3/c16-12-7-9(13(17)14-10-1-2-10)8-15(12)11-3-5-18-6-4-11/h9-11H,1-8H2,(H,14,17). The third-order valence-corrected chi connectivity index (χ3v) is 4.08. The zero-order valence-electron chi connectivity index (χ0n) is 10.6. The van der Waals surface area contributed by atoms with Crippen LogP contribution in [-0.4, -0.2) is 48.6 Å². The molecular formula is C13H20N2O3. The van der Waals surface area contributed by atoms with Crippen LogP contribution in [-0.2, 0) is 14.3 Å². The van der Waals surface area contributed by atoms with E-state index in [1.54, 1.807) is 0 Å². The van der Waals surface area contributed by atoms with E-state index in [0.29, 0.717) is 19.0 Å². The van der Waals surface area contributed by atoms with Gasteiger partial charge in [0.2, 0.25) is 11.8 Å². The lowest BCUT2D eigenvalue weighted by molar-refractivity contribution is -0.131. The summed E-state index contributed by atoms with van der Waals surface area (Å²) in [5.74, 6) is 0.0687. The van der Waals surface area contributed by atoms with Crippen LogP contribution in [0, 0.1) is 5.92 Å². The van der Waals surface area contributed by atoms with E-state index >= 15 is 0 Å². The predicted molar refractivity (Wildman–Crippen MR) is 64.8 cm³/mol. The summed E-state index contributed by atoms with van der Waals surface area (Å²) in [6, 6.07) is 0.662. The van der Waals surface area contributed by atoms with Gasteiger partial charge in [0.1, 0.15) is 0 Å². The summed E-state index contributed by atoms with van der Waals surface area (Å²) in [7, 11) is 0. The van der Waals surface area contributed by atoms with Gasteiger partial charge in [-0.1, -0.05) is 0 Å². The first kappa shape index (κ1) is 12.0. The number of ether oxygens (including phenoxy) is 1. The van der Waals surface area contributed by atoms with Crippen molar-refractivity contribution in [3.8, 4) is 0 Å². The first-order valence-electron chi connectivity index (χ1n) is 6.91. The predicted octanol–water partition coefficient (Wildman–Crippen LogP) is 0.292. The van der Waals surface area contributed by atoms with Gasteiger partial charge in [-0.2, -0.15) is 0 Å². The molecule has 0 spiro atoms. The Morgan fingerprint density at radius 1 is 1.22 bits per heavy atom. The fourth-order valence-corrected chi connectivity index (χ4v) is 2.80.